The molecule has 0 bridgehead atoms. The summed E-state index contributed by atoms with van der Waals surface area (Å²) in [5.41, 5.74) is 1.35. The minimum absolute atomic E-state index is 0.367. The molecule has 80 valence electrons. The lowest BCUT2D eigenvalue weighted by molar-refractivity contribution is 0.0572. The quantitative estimate of drug-likeness (QED) is 0.672. The van der Waals surface area contributed by atoms with Crippen LogP contribution < -0.4 is 4.90 Å². The summed E-state index contributed by atoms with van der Waals surface area (Å²) in [6.45, 7) is 0.734. The molecular formula is C11H13NO3. The number of β-amino-alcohol motifs (C(OH)–C–C–N with tert-alkyl or cyclic N) is 2. The second-order valence-corrected chi connectivity index (χ2v) is 3.72. The van der Waals surface area contributed by atoms with Crippen LogP contribution in [-0.2, 0) is 0 Å². The number of aliphatic hydroxyl groups excluding tert-OH is 2. The molecule has 4 heteroatoms. The van der Waals surface area contributed by atoms with Gasteiger partial charge in [-0.25, -0.2) is 0 Å². The summed E-state index contributed by atoms with van der Waals surface area (Å²) in [5, 5.41) is 18.8. The first-order valence-electron chi connectivity index (χ1n) is 4.87. The van der Waals surface area contributed by atoms with Gasteiger partial charge in [-0.05, 0) is 12.1 Å². The second kappa shape index (κ2) is 4.00. The molecule has 1 aromatic rings. The van der Waals surface area contributed by atoms with Crippen LogP contribution in [0.15, 0.2) is 24.3 Å². The Balaban J connectivity index is 2.27. The number of aliphatic hydroxyl groups is 2. The van der Waals surface area contributed by atoms with Gasteiger partial charge in [0.1, 0.15) is 0 Å². The Bertz CT molecular complexity index is 357. The van der Waals surface area contributed by atoms with Crippen molar-refractivity contribution < 1.29 is 15.0 Å². The summed E-state index contributed by atoms with van der Waals surface area (Å²) in [4.78, 5) is 12.6. The van der Waals surface area contributed by atoms with Gasteiger partial charge in [0.25, 0.3) is 0 Å². The molecule has 1 heterocycles. The third-order valence-corrected chi connectivity index (χ3v) is 2.66. The van der Waals surface area contributed by atoms with Crippen molar-refractivity contribution in [2.24, 2.45) is 0 Å². The highest BCUT2D eigenvalue weighted by molar-refractivity contribution is 5.84. The van der Waals surface area contributed by atoms with E-state index in [9.17, 15) is 15.0 Å². The largest absolute Gasteiger partial charge is 0.389 e. The smallest absolute Gasteiger partial charge is 0.152 e. The van der Waals surface area contributed by atoms with E-state index in [4.69, 9.17) is 0 Å². The van der Waals surface area contributed by atoms with Gasteiger partial charge in [0.2, 0.25) is 0 Å². The van der Waals surface area contributed by atoms with Crippen LogP contribution in [0.25, 0.3) is 0 Å². The third-order valence-electron chi connectivity index (χ3n) is 2.66. The van der Waals surface area contributed by atoms with Crippen molar-refractivity contribution in [3.63, 3.8) is 0 Å². The molecule has 1 fully saturated rings. The normalized spacial score (nSPS) is 25.6. The van der Waals surface area contributed by atoms with E-state index in [-0.39, 0.29) is 0 Å². The zero-order valence-electron chi connectivity index (χ0n) is 8.21. The third kappa shape index (κ3) is 1.86. The van der Waals surface area contributed by atoms with E-state index in [1.807, 2.05) is 17.0 Å². The molecule has 15 heavy (non-hydrogen) atoms. The maximum absolute atomic E-state index is 10.8. The molecule has 0 amide bonds. The van der Waals surface area contributed by atoms with E-state index in [2.05, 4.69) is 0 Å². The minimum atomic E-state index is -0.732. The number of benzene rings is 1. The van der Waals surface area contributed by atoms with E-state index >= 15 is 0 Å². The van der Waals surface area contributed by atoms with E-state index in [0.29, 0.717) is 18.7 Å². The molecule has 2 atom stereocenters. The van der Waals surface area contributed by atoms with Crippen molar-refractivity contribution in [2.75, 3.05) is 18.0 Å². The molecule has 0 radical (unpaired) electrons. The predicted octanol–water partition coefficient (Wildman–Crippen LogP) is 0.0409. The second-order valence-electron chi connectivity index (χ2n) is 3.72. The number of hydrogen-bond donors (Lipinski definition) is 2. The van der Waals surface area contributed by atoms with Crippen LogP contribution in [0, 0.1) is 0 Å². The van der Waals surface area contributed by atoms with Gasteiger partial charge in [-0.2, -0.15) is 0 Å². The monoisotopic (exact) mass is 207 g/mol. The Morgan fingerprint density at radius 3 is 2.40 bits per heavy atom. The number of aldehydes is 1. The summed E-state index contributed by atoms with van der Waals surface area (Å²) in [5.74, 6) is 0. The van der Waals surface area contributed by atoms with Crippen molar-refractivity contribution in [2.45, 2.75) is 12.2 Å². The average molecular weight is 207 g/mol. The fourth-order valence-electron chi connectivity index (χ4n) is 1.84. The zero-order chi connectivity index (χ0) is 10.8. The van der Waals surface area contributed by atoms with Crippen LogP contribution in [0.1, 0.15) is 10.4 Å². The first kappa shape index (κ1) is 10.1. The van der Waals surface area contributed by atoms with E-state index in [1.54, 1.807) is 12.1 Å². The maximum Gasteiger partial charge on any atom is 0.152 e. The number of carbonyl (C=O) groups is 1. The van der Waals surface area contributed by atoms with Gasteiger partial charge in [0.15, 0.2) is 6.29 Å². The summed E-state index contributed by atoms with van der Waals surface area (Å²) in [7, 11) is 0. The Morgan fingerprint density at radius 2 is 1.80 bits per heavy atom. The number of para-hydroxylation sites is 1. The molecular weight excluding hydrogens is 194 g/mol. The SMILES string of the molecule is O=Cc1ccccc1N1C[C@@H](O)[C@@H](O)C1. The molecule has 0 aliphatic carbocycles. The fraction of sp³-hybridized carbons (Fsp3) is 0.364. The van der Waals surface area contributed by atoms with Crippen LogP contribution in [-0.4, -0.2) is 41.8 Å². The number of hydrogen-bond acceptors (Lipinski definition) is 4. The van der Waals surface area contributed by atoms with Gasteiger partial charge in [-0.3, -0.25) is 4.79 Å². The van der Waals surface area contributed by atoms with Crippen LogP contribution in [0.3, 0.4) is 0 Å². The van der Waals surface area contributed by atoms with Crippen molar-refractivity contribution in [3.8, 4) is 0 Å². The highest BCUT2D eigenvalue weighted by Gasteiger charge is 2.30. The van der Waals surface area contributed by atoms with Crippen molar-refractivity contribution in [1.29, 1.82) is 0 Å². The molecule has 2 N–H and O–H groups in total. The maximum atomic E-state index is 10.8. The van der Waals surface area contributed by atoms with Gasteiger partial charge >= 0.3 is 0 Å². The first-order chi connectivity index (χ1) is 7.22. The molecule has 4 nitrogen and oxygen atoms in total. The highest BCUT2D eigenvalue weighted by atomic mass is 16.3. The summed E-state index contributed by atoms with van der Waals surface area (Å²) in [6, 6.07) is 7.16. The summed E-state index contributed by atoms with van der Waals surface area (Å²) >= 11 is 0. The zero-order valence-corrected chi connectivity index (χ0v) is 8.21. The first-order valence-corrected chi connectivity index (χ1v) is 4.87. The van der Waals surface area contributed by atoms with Gasteiger partial charge < -0.3 is 15.1 Å². The molecule has 0 unspecified atom stereocenters. The molecule has 0 spiro atoms. The van der Waals surface area contributed by atoms with E-state index in [1.165, 1.54) is 0 Å². The topological polar surface area (TPSA) is 60.8 Å². The fourth-order valence-corrected chi connectivity index (χ4v) is 1.84. The van der Waals surface area contributed by atoms with Crippen LogP contribution in [0.2, 0.25) is 0 Å². The van der Waals surface area contributed by atoms with Gasteiger partial charge in [-0.15, -0.1) is 0 Å². The van der Waals surface area contributed by atoms with E-state index in [0.717, 1.165) is 12.0 Å². The summed E-state index contributed by atoms with van der Waals surface area (Å²) in [6.07, 6.45) is -0.679. The van der Waals surface area contributed by atoms with Crippen molar-refractivity contribution in [1.82, 2.24) is 0 Å². The standard InChI is InChI=1S/C11H13NO3/c13-7-8-3-1-2-4-9(8)12-5-10(14)11(15)6-12/h1-4,7,10-11,14-15H,5-6H2/t10-,11+. The lowest BCUT2D eigenvalue weighted by atomic mass is 10.2. The number of rotatable bonds is 2. The van der Waals surface area contributed by atoms with Gasteiger partial charge in [-0.1, -0.05) is 12.1 Å². The molecule has 0 aromatic heterocycles. The van der Waals surface area contributed by atoms with Gasteiger partial charge in [0, 0.05) is 24.3 Å². The molecule has 2 rings (SSSR count). The highest BCUT2D eigenvalue weighted by Crippen LogP contribution is 2.23. The Hall–Kier alpha value is -1.39. The van der Waals surface area contributed by atoms with Crippen molar-refractivity contribution in [3.05, 3.63) is 29.8 Å². The van der Waals surface area contributed by atoms with Gasteiger partial charge in [0.05, 0.1) is 12.2 Å². The van der Waals surface area contributed by atoms with Crippen molar-refractivity contribution >= 4 is 12.0 Å². The van der Waals surface area contributed by atoms with E-state index < -0.39 is 12.2 Å². The van der Waals surface area contributed by atoms with Crippen LogP contribution in [0.5, 0.6) is 0 Å². The molecule has 0 saturated carbocycles. The van der Waals surface area contributed by atoms with Crippen LogP contribution >= 0.6 is 0 Å². The molecule has 1 aliphatic heterocycles. The number of carbonyl (C=O) groups excluding carboxylic acids is 1. The lowest BCUT2D eigenvalue weighted by Crippen LogP contribution is -2.22. The van der Waals surface area contributed by atoms with Crippen LogP contribution in [0.4, 0.5) is 5.69 Å². The molecule has 1 aliphatic rings. The Morgan fingerprint density at radius 1 is 1.20 bits per heavy atom. The molecule has 1 aromatic carbocycles. The Labute approximate surface area is 87.8 Å². The number of nitrogens with zero attached hydrogens (tertiary/aromatic N) is 1. The lowest BCUT2D eigenvalue weighted by Gasteiger charge is -2.19. The predicted molar refractivity (Wildman–Crippen MR) is 56.1 cm³/mol. The average Bonchev–Trinajstić information content (AvgIpc) is 2.59. The molecule has 1 saturated heterocycles. The number of anilines is 1. The Kier molecular flexibility index (Phi) is 2.70. The minimum Gasteiger partial charge on any atom is -0.389 e. The summed E-state index contributed by atoms with van der Waals surface area (Å²) < 4.78 is 0.